The SMILES string of the molecule is COc1cc2c(=O)n(-c3ccc(Cl)cc3)c(=O)n(CC(=O)c3ccc(C)cc3)c2cc1OC. The Morgan fingerprint density at radius 1 is 0.909 bits per heavy atom. The fraction of sp³-hybridized carbons (Fsp3) is 0.160. The van der Waals surface area contributed by atoms with E-state index in [9.17, 15) is 14.4 Å². The van der Waals surface area contributed by atoms with Crippen molar-refractivity contribution < 1.29 is 14.3 Å². The summed E-state index contributed by atoms with van der Waals surface area (Å²) >= 11 is 5.98. The Balaban J connectivity index is 2.00. The Morgan fingerprint density at radius 3 is 2.12 bits per heavy atom. The van der Waals surface area contributed by atoms with Crippen LogP contribution in [0, 0.1) is 6.92 Å². The fourth-order valence-corrected chi connectivity index (χ4v) is 3.76. The van der Waals surface area contributed by atoms with E-state index in [0.29, 0.717) is 27.8 Å². The second-order valence-corrected chi connectivity index (χ2v) is 7.94. The average molecular weight is 465 g/mol. The molecule has 8 heteroatoms. The number of benzene rings is 3. The van der Waals surface area contributed by atoms with Crippen LogP contribution in [0.15, 0.2) is 70.3 Å². The standard InChI is InChI=1S/C25H21ClN2O5/c1-15-4-6-16(7-5-15)21(29)14-27-20-13-23(33-3)22(32-2)12-19(20)24(30)28(25(27)31)18-10-8-17(26)9-11-18/h4-13H,14H2,1-3H3. The van der Waals surface area contributed by atoms with Crippen LogP contribution in [0.5, 0.6) is 11.5 Å². The molecule has 0 amide bonds. The van der Waals surface area contributed by atoms with Crippen molar-refractivity contribution in [3.05, 3.63) is 97.7 Å². The van der Waals surface area contributed by atoms with Crippen molar-refractivity contribution >= 4 is 28.3 Å². The Hall–Kier alpha value is -3.84. The summed E-state index contributed by atoms with van der Waals surface area (Å²) in [5.74, 6) is 0.402. The minimum atomic E-state index is -0.650. The molecule has 0 aliphatic rings. The highest BCUT2D eigenvalue weighted by Crippen LogP contribution is 2.30. The molecule has 0 radical (unpaired) electrons. The number of hydrogen-bond donors (Lipinski definition) is 0. The van der Waals surface area contributed by atoms with Gasteiger partial charge in [-0.25, -0.2) is 9.36 Å². The third-order valence-electron chi connectivity index (χ3n) is 5.41. The van der Waals surface area contributed by atoms with E-state index in [4.69, 9.17) is 21.1 Å². The molecule has 3 aromatic carbocycles. The van der Waals surface area contributed by atoms with E-state index in [1.165, 1.54) is 30.9 Å². The van der Waals surface area contributed by atoms with Crippen LogP contribution in [-0.2, 0) is 6.54 Å². The fourth-order valence-electron chi connectivity index (χ4n) is 3.64. The number of rotatable bonds is 6. The summed E-state index contributed by atoms with van der Waals surface area (Å²) in [6, 6.07) is 16.4. The summed E-state index contributed by atoms with van der Waals surface area (Å²) in [6.45, 7) is 1.66. The van der Waals surface area contributed by atoms with Crippen LogP contribution in [0.2, 0.25) is 5.02 Å². The van der Waals surface area contributed by atoms with E-state index in [2.05, 4.69) is 0 Å². The smallest absolute Gasteiger partial charge is 0.336 e. The van der Waals surface area contributed by atoms with E-state index in [-0.39, 0.29) is 23.2 Å². The van der Waals surface area contributed by atoms with Gasteiger partial charge in [0.15, 0.2) is 17.3 Å². The minimum absolute atomic E-state index is 0.207. The zero-order valence-corrected chi connectivity index (χ0v) is 19.1. The molecule has 0 fully saturated rings. The molecule has 0 aliphatic heterocycles. The Morgan fingerprint density at radius 2 is 1.52 bits per heavy atom. The number of nitrogens with zero attached hydrogens (tertiary/aromatic N) is 2. The number of aromatic nitrogens is 2. The molecule has 0 saturated carbocycles. The van der Waals surface area contributed by atoms with Crippen molar-refractivity contribution in [2.75, 3.05) is 14.2 Å². The third-order valence-corrected chi connectivity index (χ3v) is 5.66. The number of ether oxygens (including phenoxy) is 2. The van der Waals surface area contributed by atoms with Gasteiger partial charge in [-0.05, 0) is 37.3 Å². The highest BCUT2D eigenvalue weighted by molar-refractivity contribution is 6.30. The Bertz CT molecular complexity index is 1470. The van der Waals surface area contributed by atoms with Gasteiger partial charge in [0.2, 0.25) is 0 Å². The van der Waals surface area contributed by atoms with Crippen LogP contribution in [0.25, 0.3) is 16.6 Å². The van der Waals surface area contributed by atoms with E-state index in [1.807, 2.05) is 19.1 Å². The number of ketones is 1. The quantitative estimate of drug-likeness (QED) is 0.403. The second-order valence-electron chi connectivity index (χ2n) is 7.50. The third kappa shape index (κ3) is 4.15. The largest absolute Gasteiger partial charge is 0.493 e. The van der Waals surface area contributed by atoms with Crippen LogP contribution < -0.4 is 20.7 Å². The minimum Gasteiger partial charge on any atom is -0.493 e. The van der Waals surface area contributed by atoms with E-state index in [0.717, 1.165) is 10.1 Å². The molecular weight excluding hydrogens is 444 g/mol. The molecule has 0 spiro atoms. The number of methoxy groups -OCH3 is 2. The van der Waals surface area contributed by atoms with Gasteiger partial charge in [-0.3, -0.25) is 14.2 Å². The molecule has 4 rings (SSSR count). The topological polar surface area (TPSA) is 79.5 Å². The van der Waals surface area contributed by atoms with Gasteiger partial charge in [-0.2, -0.15) is 0 Å². The lowest BCUT2D eigenvalue weighted by Gasteiger charge is -2.16. The maximum Gasteiger partial charge on any atom is 0.336 e. The Labute approximate surface area is 194 Å². The molecule has 0 unspecified atom stereocenters. The van der Waals surface area contributed by atoms with Crippen molar-refractivity contribution in [3.8, 4) is 17.2 Å². The second kappa shape index (κ2) is 8.96. The van der Waals surface area contributed by atoms with E-state index in [1.54, 1.807) is 36.4 Å². The number of aryl methyl sites for hydroxylation is 1. The van der Waals surface area contributed by atoms with Crippen LogP contribution in [0.4, 0.5) is 0 Å². The molecule has 0 saturated heterocycles. The normalized spacial score (nSPS) is 10.9. The van der Waals surface area contributed by atoms with Gasteiger partial charge >= 0.3 is 5.69 Å². The lowest BCUT2D eigenvalue weighted by molar-refractivity contribution is 0.0971. The van der Waals surface area contributed by atoms with Crippen molar-refractivity contribution in [2.45, 2.75) is 13.5 Å². The Kier molecular flexibility index (Phi) is 6.07. The maximum absolute atomic E-state index is 13.5. The zero-order valence-electron chi connectivity index (χ0n) is 18.3. The molecule has 0 bridgehead atoms. The van der Waals surface area contributed by atoms with Crippen LogP contribution in [0.3, 0.4) is 0 Å². The summed E-state index contributed by atoms with van der Waals surface area (Å²) in [4.78, 5) is 40.0. The van der Waals surface area contributed by atoms with E-state index < -0.39 is 11.2 Å². The summed E-state index contributed by atoms with van der Waals surface area (Å²) in [7, 11) is 2.91. The first-order chi connectivity index (χ1) is 15.8. The lowest BCUT2D eigenvalue weighted by atomic mass is 10.1. The first-order valence-corrected chi connectivity index (χ1v) is 10.5. The average Bonchev–Trinajstić information content (AvgIpc) is 2.82. The summed E-state index contributed by atoms with van der Waals surface area (Å²) in [5.41, 5.74) is 0.892. The maximum atomic E-state index is 13.5. The number of carbonyl (C=O) groups is 1. The van der Waals surface area contributed by atoms with Crippen LogP contribution >= 0.6 is 11.6 Å². The first kappa shape index (κ1) is 22.4. The monoisotopic (exact) mass is 464 g/mol. The molecule has 1 heterocycles. The summed E-state index contributed by atoms with van der Waals surface area (Å²) in [5, 5.41) is 0.674. The molecule has 4 aromatic rings. The number of hydrogen-bond acceptors (Lipinski definition) is 5. The molecule has 0 N–H and O–H groups in total. The summed E-state index contributed by atoms with van der Waals surface area (Å²) in [6.07, 6.45) is 0. The number of Topliss-reactive ketones (excluding diaryl/α,β-unsaturated/α-hetero) is 1. The van der Waals surface area contributed by atoms with Gasteiger partial charge < -0.3 is 9.47 Å². The van der Waals surface area contributed by atoms with Gasteiger partial charge in [0, 0.05) is 16.7 Å². The molecule has 168 valence electrons. The lowest BCUT2D eigenvalue weighted by Crippen LogP contribution is -2.40. The number of halogens is 1. The van der Waals surface area contributed by atoms with Crippen molar-refractivity contribution in [3.63, 3.8) is 0 Å². The van der Waals surface area contributed by atoms with Gasteiger partial charge in [-0.1, -0.05) is 41.4 Å². The first-order valence-electron chi connectivity index (χ1n) is 10.1. The molecule has 0 aliphatic carbocycles. The molecular formula is C25H21ClN2O5. The van der Waals surface area contributed by atoms with Gasteiger partial charge in [0.05, 0.1) is 37.4 Å². The van der Waals surface area contributed by atoms with Crippen molar-refractivity contribution in [1.29, 1.82) is 0 Å². The number of fused-ring (bicyclic) bond motifs is 1. The predicted molar refractivity (Wildman–Crippen MR) is 127 cm³/mol. The van der Waals surface area contributed by atoms with Crippen molar-refractivity contribution in [2.24, 2.45) is 0 Å². The van der Waals surface area contributed by atoms with E-state index >= 15 is 0 Å². The van der Waals surface area contributed by atoms with Gasteiger partial charge in [-0.15, -0.1) is 0 Å². The van der Waals surface area contributed by atoms with Gasteiger partial charge in [0.1, 0.15) is 0 Å². The number of carbonyl (C=O) groups excluding carboxylic acids is 1. The van der Waals surface area contributed by atoms with Crippen LogP contribution in [-0.4, -0.2) is 29.1 Å². The molecule has 1 aromatic heterocycles. The summed E-state index contributed by atoms with van der Waals surface area (Å²) < 4.78 is 13.0. The highest BCUT2D eigenvalue weighted by atomic mass is 35.5. The van der Waals surface area contributed by atoms with Gasteiger partial charge in [0.25, 0.3) is 5.56 Å². The predicted octanol–water partition coefficient (Wildman–Crippen LogP) is 4.01. The molecule has 0 atom stereocenters. The highest BCUT2D eigenvalue weighted by Gasteiger charge is 2.20. The molecule has 7 nitrogen and oxygen atoms in total. The van der Waals surface area contributed by atoms with Crippen molar-refractivity contribution in [1.82, 2.24) is 9.13 Å². The van der Waals surface area contributed by atoms with Crippen LogP contribution in [0.1, 0.15) is 15.9 Å². The zero-order chi connectivity index (χ0) is 23.7. The molecule has 33 heavy (non-hydrogen) atoms.